The molecule has 1 aliphatic heterocycles. The van der Waals surface area contributed by atoms with Crippen LogP contribution in [0.5, 0.6) is 11.5 Å². The highest BCUT2D eigenvalue weighted by atomic mass is 19.1. The van der Waals surface area contributed by atoms with Crippen molar-refractivity contribution >= 4 is 16.7 Å². The van der Waals surface area contributed by atoms with Gasteiger partial charge in [0, 0.05) is 18.2 Å². The summed E-state index contributed by atoms with van der Waals surface area (Å²) in [6, 6.07) is 23.1. The second-order valence-corrected chi connectivity index (χ2v) is 10.9. The molecule has 13 heteroatoms. The van der Waals surface area contributed by atoms with E-state index < -0.39 is 17.2 Å². The van der Waals surface area contributed by atoms with Crippen LogP contribution in [0.2, 0.25) is 0 Å². The second kappa shape index (κ2) is 14.2. The molecule has 4 aromatic carbocycles. The van der Waals surface area contributed by atoms with Crippen molar-refractivity contribution in [3.8, 4) is 11.5 Å². The fourth-order valence-corrected chi connectivity index (χ4v) is 5.38. The molecule has 2 N–H and O–H groups in total. The number of hydrogen-bond acceptors (Lipinski definition) is 8. The van der Waals surface area contributed by atoms with Crippen molar-refractivity contribution in [3.63, 3.8) is 0 Å². The lowest BCUT2D eigenvalue weighted by Gasteiger charge is -2.28. The van der Waals surface area contributed by atoms with Crippen LogP contribution in [0.1, 0.15) is 16.7 Å². The maximum atomic E-state index is 14.1. The van der Waals surface area contributed by atoms with E-state index in [2.05, 4.69) is 43.7 Å². The number of carbonyl (C=O) groups is 1. The minimum atomic E-state index is -1.70. The van der Waals surface area contributed by atoms with Crippen molar-refractivity contribution in [2.24, 2.45) is 0 Å². The summed E-state index contributed by atoms with van der Waals surface area (Å²) < 4.78 is 40.6. The summed E-state index contributed by atoms with van der Waals surface area (Å²) in [5.41, 5.74) is 0.424. The zero-order valence-corrected chi connectivity index (χ0v) is 25.2. The molecule has 47 heavy (non-hydrogen) atoms. The molecule has 0 aliphatic carbocycles. The third-order valence-corrected chi connectivity index (χ3v) is 7.62. The lowest BCUT2D eigenvalue weighted by Crippen LogP contribution is -2.37. The summed E-state index contributed by atoms with van der Waals surface area (Å²) in [6.07, 6.45) is 6.55. The van der Waals surface area contributed by atoms with E-state index in [9.17, 15) is 18.7 Å². The Bertz CT molecular complexity index is 1910. The molecule has 1 aliphatic rings. The highest BCUT2D eigenvalue weighted by Crippen LogP contribution is 2.32. The van der Waals surface area contributed by atoms with Gasteiger partial charge in [-0.05, 0) is 46.5 Å². The smallest absolute Gasteiger partial charge is 0.231 e. The maximum Gasteiger partial charge on any atom is 0.231 e. The lowest BCUT2D eigenvalue weighted by atomic mass is 9.93. The van der Waals surface area contributed by atoms with Crippen LogP contribution < -0.4 is 14.8 Å². The van der Waals surface area contributed by atoms with Crippen LogP contribution in [-0.2, 0) is 36.3 Å². The number of benzene rings is 4. The summed E-state index contributed by atoms with van der Waals surface area (Å²) in [6.45, 7) is 0.731. The number of nitrogens with zero attached hydrogens (tertiary/aromatic N) is 6. The number of amides is 1. The molecule has 0 bridgehead atoms. The van der Waals surface area contributed by atoms with Gasteiger partial charge in [-0.2, -0.15) is 10.2 Å². The first kappa shape index (κ1) is 31.3. The van der Waals surface area contributed by atoms with Gasteiger partial charge in [-0.15, -0.1) is 0 Å². The first-order valence-corrected chi connectivity index (χ1v) is 14.8. The molecule has 2 aromatic heterocycles. The number of nitrogens with one attached hydrogen (secondary N) is 1. The van der Waals surface area contributed by atoms with Crippen LogP contribution in [0.15, 0.2) is 104 Å². The SMILES string of the molecule is O=C(Cc1cccc2ccccc12)NCCc1ccc2c(c1)OCO2.OC(Cn1cncn1)(Cn1cncn1)c1ccc(F)cc1F. The molecule has 6 aromatic rings. The van der Waals surface area contributed by atoms with Gasteiger partial charge in [0.25, 0.3) is 0 Å². The Morgan fingerprint density at radius 2 is 1.60 bits per heavy atom. The first-order chi connectivity index (χ1) is 22.9. The van der Waals surface area contributed by atoms with E-state index in [1.165, 1.54) is 40.7 Å². The molecule has 0 fully saturated rings. The van der Waals surface area contributed by atoms with Crippen molar-refractivity contribution in [2.45, 2.75) is 31.5 Å². The van der Waals surface area contributed by atoms with Crippen LogP contribution >= 0.6 is 0 Å². The number of aliphatic hydroxyl groups is 1. The molecule has 3 heterocycles. The predicted octanol–water partition coefficient (Wildman–Crippen LogP) is 4.21. The third kappa shape index (κ3) is 7.76. The average molecular weight is 640 g/mol. The maximum absolute atomic E-state index is 14.1. The van der Waals surface area contributed by atoms with E-state index in [1.54, 1.807) is 0 Å². The standard InChI is InChI=1S/C21H19NO3.C13H12F2N6O/c23-21(13-17-6-3-5-16-4-1-2-7-18(16)17)22-11-10-15-8-9-19-20(12-15)25-14-24-19;14-10-1-2-11(12(15)3-10)13(22,4-20-8-16-6-18-20)5-21-9-17-7-19-21/h1-9,12H,10-11,13-14H2,(H,22,23);1-3,6-9,22H,4-5H2. The minimum absolute atomic E-state index is 0.0390. The number of halogens is 2. The Kier molecular flexibility index (Phi) is 9.43. The van der Waals surface area contributed by atoms with Crippen molar-refractivity contribution in [1.82, 2.24) is 34.8 Å². The summed E-state index contributed by atoms with van der Waals surface area (Å²) in [5.74, 6) is 0.0354. The topological polar surface area (TPSA) is 129 Å². The molecule has 0 unspecified atom stereocenters. The Morgan fingerprint density at radius 1 is 0.872 bits per heavy atom. The van der Waals surface area contributed by atoms with Crippen LogP contribution in [0.25, 0.3) is 10.8 Å². The molecule has 7 rings (SSSR count). The molecule has 240 valence electrons. The van der Waals surface area contributed by atoms with Gasteiger partial charge < -0.3 is 19.9 Å². The molecular formula is C34H31F2N7O4. The zero-order chi connectivity index (χ0) is 32.6. The summed E-state index contributed by atoms with van der Waals surface area (Å²) >= 11 is 0. The Hall–Kier alpha value is -5.69. The minimum Gasteiger partial charge on any atom is -0.454 e. The van der Waals surface area contributed by atoms with E-state index in [-0.39, 0.29) is 31.4 Å². The number of aromatic nitrogens is 6. The van der Waals surface area contributed by atoms with Gasteiger partial charge in [-0.1, -0.05) is 54.6 Å². The van der Waals surface area contributed by atoms with Crippen LogP contribution in [-0.4, -0.2) is 53.9 Å². The molecule has 0 radical (unpaired) electrons. The molecule has 11 nitrogen and oxygen atoms in total. The quantitative estimate of drug-likeness (QED) is 0.228. The lowest BCUT2D eigenvalue weighted by molar-refractivity contribution is -0.120. The molecule has 0 saturated carbocycles. The van der Waals surface area contributed by atoms with E-state index in [1.807, 2.05) is 42.5 Å². The summed E-state index contributed by atoms with van der Waals surface area (Å²) in [7, 11) is 0. The number of fused-ring (bicyclic) bond motifs is 2. The van der Waals surface area contributed by atoms with Gasteiger partial charge in [0.05, 0.1) is 19.5 Å². The van der Waals surface area contributed by atoms with Crippen molar-refractivity contribution in [1.29, 1.82) is 0 Å². The van der Waals surface area contributed by atoms with Gasteiger partial charge in [0.15, 0.2) is 11.5 Å². The van der Waals surface area contributed by atoms with E-state index in [0.29, 0.717) is 13.0 Å². The number of rotatable bonds is 10. The van der Waals surface area contributed by atoms with Crippen LogP contribution in [0.3, 0.4) is 0 Å². The largest absolute Gasteiger partial charge is 0.454 e. The normalized spacial score (nSPS) is 12.1. The highest BCUT2D eigenvalue weighted by Gasteiger charge is 2.34. The second-order valence-electron chi connectivity index (χ2n) is 10.9. The Labute approximate surface area is 268 Å². The predicted molar refractivity (Wildman–Crippen MR) is 167 cm³/mol. The Morgan fingerprint density at radius 3 is 2.32 bits per heavy atom. The van der Waals surface area contributed by atoms with E-state index in [4.69, 9.17) is 9.47 Å². The summed E-state index contributed by atoms with van der Waals surface area (Å²) in [5, 5.41) is 24.1. The van der Waals surface area contributed by atoms with E-state index in [0.717, 1.165) is 52.0 Å². The van der Waals surface area contributed by atoms with Gasteiger partial charge in [0.2, 0.25) is 12.7 Å². The monoisotopic (exact) mass is 639 g/mol. The molecule has 0 saturated heterocycles. The van der Waals surface area contributed by atoms with Crippen molar-refractivity contribution in [2.75, 3.05) is 13.3 Å². The molecule has 1 amide bonds. The van der Waals surface area contributed by atoms with Gasteiger partial charge >= 0.3 is 0 Å². The van der Waals surface area contributed by atoms with Crippen LogP contribution in [0, 0.1) is 11.6 Å². The van der Waals surface area contributed by atoms with Crippen molar-refractivity contribution < 1.29 is 28.2 Å². The van der Waals surface area contributed by atoms with Crippen molar-refractivity contribution in [3.05, 3.63) is 132 Å². The zero-order valence-electron chi connectivity index (χ0n) is 25.2. The number of carbonyl (C=O) groups excluding carboxylic acids is 1. The van der Waals surface area contributed by atoms with E-state index >= 15 is 0 Å². The average Bonchev–Trinajstić information content (AvgIpc) is 3.86. The summed E-state index contributed by atoms with van der Waals surface area (Å²) in [4.78, 5) is 19.8. The van der Waals surface area contributed by atoms with Gasteiger partial charge in [-0.3, -0.25) is 4.79 Å². The van der Waals surface area contributed by atoms with Crippen LogP contribution in [0.4, 0.5) is 8.78 Å². The highest BCUT2D eigenvalue weighted by molar-refractivity contribution is 5.90. The van der Waals surface area contributed by atoms with Gasteiger partial charge in [-0.25, -0.2) is 28.1 Å². The number of ether oxygens (including phenoxy) is 2. The fraction of sp³-hybridized carbons (Fsp3) is 0.206. The number of hydrogen-bond donors (Lipinski definition) is 2. The molecular weight excluding hydrogens is 608 g/mol. The Balaban J connectivity index is 0.000000166. The van der Waals surface area contributed by atoms with Gasteiger partial charge in [0.1, 0.15) is 42.5 Å². The first-order valence-electron chi connectivity index (χ1n) is 14.8. The molecule has 0 spiro atoms. The molecule has 0 atom stereocenters. The third-order valence-electron chi connectivity index (χ3n) is 7.62. The fourth-order valence-electron chi connectivity index (χ4n) is 5.38.